The third-order valence-corrected chi connectivity index (χ3v) is 3.52. The molecule has 1 atom stereocenters. The summed E-state index contributed by atoms with van der Waals surface area (Å²) in [4.78, 5) is 0. The van der Waals surface area contributed by atoms with E-state index in [9.17, 15) is 0 Å². The smallest absolute Gasteiger partial charge is 0.0235 e. The van der Waals surface area contributed by atoms with Crippen molar-refractivity contribution in [3.8, 4) is 0 Å². The van der Waals surface area contributed by atoms with E-state index in [2.05, 4.69) is 54.8 Å². The van der Waals surface area contributed by atoms with Gasteiger partial charge in [-0.2, -0.15) is 0 Å². The van der Waals surface area contributed by atoms with E-state index in [1.807, 2.05) is 7.05 Å². The molecule has 0 heterocycles. The number of hydrogen-bond donors (Lipinski definition) is 2. The van der Waals surface area contributed by atoms with E-state index in [1.165, 1.54) is 31.2 Å². The molecule has 1 unspecified atom stereocenters. The fourth-order valence-electron chi connectivity index (χ4n) is 2.68. The van der Waals surface area contributed by atoms with Crippen LogP contribution in [0.15, 0.2) is 30.3 Å². The lowest BCUT2D eigenvalue weighted by Gasteiger charge is -2.25. The summed E-state index contributed by atoms with van der Waals surface area (Å²) in [6.45, 7) is 5.57. The Morgan fingerprint density at radius 2 is 1.58 bits per heavy atom. The van der Waals surface area contributed by atoms with E-state index in [1.54, 1.807) is 0 Å². The first kappa shape index (κ1) is 16.2. The van der Waals surface area contributed by atoms with E-state index in [0.29, 0.717) is 12.1 Å². The van der Waals surface area contributed by atoms with Crippen molar-refractivity contribution < 1.29 is 0 Å². The highest BCUT2D eigenvalue weighted by Crippen LogP contribution is 2.09. The van der Waals surface area contributed by atoms with E-state index < -0.39 is 0 Å². The molecular weight excluding hydrogens is 232 g/mol. The molecule has 1 rings (SSSR count). The van der Waals surface area contributed by atoms with Crippen LogP contribution >= 0.6 is 0 Å². The molecule has 0 amide bonds. The molecule has 0 saturated carbocycles. The van der Waals surface area contributed by atoms with Crippen LogP contribution in [0.4, 0.5) is 0 Å². The minimum absolute atomic E-state index is 0.524. The van der Waals surface area contributed by atoms with Crippen LogP contribution in [-0.4, -0.2) is 25.7 Å². The van der Waals surface area contributed by atoms with Crippen LogP contribution in [0.3, 0.4) is 0 Å². The number of nitrogens with one attached hydrogen (secondary N) is 2. The van der Waals surface area contributed by atoms with Crippen molar-refractivity contribution >= 4 is 0 Å². The molecule has 0 fully saturated rings. The molecule has 0 radical (unpaired) electrons. The fourth-order valence-corrected chi connectivity index (χ4v) is 2.68. The average molecular weight is 262 g/mol. The minimum atomic E-state index is 0.524. The Hall–Kier alpha value is -0.860. The van der Waals surface area contributed by atoms with E-state index in [-0.39, 0.29) is 0 Å². The predicted molar refractivity (Wildman–Crippen MR) is 84.6 cm³/mol. The number of benzene rings is 1. The molecule has 2 nitrogen and oxygen atoms in total. The fraction of sp³-hybridized carbons (Fsp3) is 0.647. The molecule has 1 aromatic rings. The second-order valence-corrected chi connectivity index (χ2v) is 5.39. The molecule has 0 bridgehead atoms. The van der Waals surface area contributed by atoms with Crippen molar-refractivity contribution in [2.45, 2.75) is 58.0 Å². The van der Waals surface area contributed by atoms with Crippen LogP contribution in [0.1, 0.15) is 45.1 Å². The molecule has 108 valence electrons. The minimum Gasteiger partial charge on any atom is -0.318 e. The molecule has 0 aliphatic heterocycles. The normalized spacial score (nSPS) is 12.8. The highest BCUT2D eigenvalue weighted by Gasteiger charge is 2.14. The maximum Gasteiger partial charge on any atom is 0.0235 e. The zero-order valence-corrected chi connectivity index (χ0v) is 12.8. The van der Waals surface area contributed by atoms with Crippen LogP contribution < -0.4 is 10.6 Å². The van der Waals surface area contributed by atoms with Crippen LogP contribution in [0.2, 0.25) is 0 Å². The number of rotatable bonds is 10. The standard InChI is InChI=1S/C17H30N2/c1-4-9-16(10-5-2)19-17(14-18-3)13-15-11-7-6-8-12-15/h6-8,11-12,16-19H,4-5,9-10,13-14H2,1-3H3. The van der Waals surface area contributed by atoms with E-state index in [0.717, 1.165) is 13.0 Å². The van der Waals surface area contributed by atoms with Crippen molar-refractivity contribution in [2.75, 3.05) is 13.6 Å². The van der Waals surface area contributed by atoms with Gasteiger partial charge in [0.2, 0.25) is 0 Å². The zero-order chi connectivity index (χ0) is 13.9. The Morgan fingerprint density at radius 3 is 2.11 bits per heavy atom. The lowest BCUT2D eigenvalue weighted by atomic mass is 10.0. The Bertz CT molecular complexity index is 304. The quantitative estimate of drug-likeness (QED) is 0.675. The van der Waals surface area contributed by atoms with Gasteiger partial charge in [0.1, 0.15) is 0 Å². The highest BCUT2D eigenvalue weighted by molar-refractivity contribution is 5.16. The van der Waals surface area contributed by atoms with Gasteiger partial charge in [-0.15, -0.1) is 0 Å². The topological polar surface area (TPSA) is 24.1 Å². The molecule has 0 aliphatic carbocycles. The Kier molecular flexibility index (Phi) is 8.52. The molecule has 0 spiro atoms. The first-order valence-electron chi connectivity index (χ1n) is 7.74. The predicted octanol–water partition coefficient (Wildman–Crippen LogP) is 3.38. The van der Waals surface area contributed by atoms with Gasteiger partial charge in [0, 0.05) is 18.6 Å². The lowest BCUT2D eigenvalue weighted by molar-refractivity contribution is 0.374. The summed E-state index contributed by atoms with van der Waals surface area (Å²) in [5.74, 6) is 0. The lowest BCUT2D eigenvalue weighted by Crippen LogP contribution is -2.44. The molecule has 19 heavy (non-hydrogen) atoms. The summed E-state index contributed by atoms with van der Waals surface area (Å²) < 4.78 is 0. The molecular formula is C17H30N2. The summed E-state index contributed by atoms with van der Waals surface area (Å²) in [6, 6.07) is 12.0. The summed E-state index contributed by atoms with van der Waals surface area (Å²) in [7, 11) is 2.04. The van der Waals surface area contributed by atoms with Crippen LogP contribution in [-0.2, 0) is 6.42 Å². The number of hydrogen-bond acceptors (Lipinski definition) is 2. The van der Waals surface area contributed by atoms with Gasteiger partial charge in [-0.1, -0.05) is 57.0 Å². The van der Waals surface area contributed by atoms with Crippen LogP contribution in [0.25, 0.3) is 0 Å². The summed E-state index contributed by atoms with van der Waals surface area (Å²) in [5, 5.41) is 7.16. The third kappa shape index (κ3) is 6.74. The summed E-state index contributed by atoms with van der Waals surface area (Å²) in [5.41, 5.74) is 1.42. The Morgan fingerprint density at radius 1 is 0.947 bits per heavy atom. The summed E-state index contributed by atoms with van der Waals surface area (Å²) in [6.07, 6.45) is 6.18. The molecule has 2 N–H and O–H groups in total. The van der Waals surface area contributed by atoms with Crippen molar-refractivity contribution in [1.29, 1.82) is 0 Å². The maximum atomic E-state index is 3.84. The molecule has 0 aromatic heterocycles. The molecule has 1 aromatic carbocycles. The SMILES string of the molecule is CCCC(CCC)NC(CNC)Cc1ccccc1. The second-order valence-electron chi connectivity index (χ2n) is 5.39. The van der Waals surface area contributed by atoms with E-state index >= 15 is 0 Å². The first-order valence-corrected chi connectivity index (χ1v) is 7.74. The van der Waals surface area contributed by atoms with Crippen LogP contribution in [0, 0.1) is 0 Å². The van der Waals surface area contributed by atoms with Gasteiger partial charge in [0.15, 0.2) is 0 Å². The third-order valence-electron chi connectivity index (χ3n) is 3.52. The molecule has 2 heteroatoms. The van der Waals surface area contributed by atoms with Crippen molar-refractivity contribution in [3.63, 3.8) is 0 Å². The van der Waals surface area contributed by atoms with Crippen molar-refractivity contribution in [1.82, 2.24) is 10.6 Å². The van der Waals surface area contributed by atoms with Gasteiger partial charge in [0.25, 0.3) is 0 Å². The highest BCUT2D eigenvalue weighted by atomic mass is 15.0. The van der Waals surface area contributed by atoms with Gasteiger partial charge < -0.3 is 10.6 Å². The van der Waals surface area contributed by atoms with Crippen LogP contribution in [0.5, 0.6) is 0 Å². The van der Waals surface area contributed by atoms with Gasteiger partial charge in [-0.05, 0) is 31.9 Å². The average Bonchev–Trinajstić information content (AvgIpc) is 2.41. The van der Waals surface area contributed by atoms with E-state index in [4.69, 9.17) is 0 Å². The number of likely N-dealkylation sites (N-methyl/N-ethyl adjacent to an activating group) is 1. The van der Waals surface area contributed by atoms with Gasteiger partial charge in [-0.25, -0.2) is 0 Å². The first-order chi connectivity index (χ1) is 9.30. The van der Waals surface area contributed by atoms with Gasteiger partial charge >= 0.3 is 0 Å². The largest absolute Gasteiger partial charge is 0.318 e. The molecule has 0 aliphatic rings. The summed E-state index contributed by atoms with van der Waals surface area (Å²) >= 11 is 0. The maximum absolute atomic E-state index is 3.84. The second kappa shape index (κ2) is 9.99. The van der Waals surface area contributed by atoms with Gasteiger partial charge in [-0.3, -0.25) is 0 Å². The Balaban J connectivity index is 2.55. The van der Waals surface area contributed by atoms with Crippen molar-refractivity contribution in [2.24, 2.45) is 0 Å². The Labute approximate surface area is 119 Å². The monoisotopic (exact) mass is 262 g/mol. The zero-order valence-electron chi connectivity index (χ0n) is 12.8. The van der Waals surface area contributed by atoms with Crippen molar-refractivity contribution in [3.05, 3.63) is 35.9 Å². The molecule has 0 saturated heterocycles. The van der Waals surface area contributed by atoms with Gasteiger partial charge in [0.05, 0.1) is 0 Å².